The molecule has 0 spiro atoms. The summed E-state index contributed by atoms with van der Waals surface area (Å²) in [4.78, 5) is 6.97. The van der Waals surface area contributed by atoms with Crippen LogP contribution in [0.15, 0.2) is 30.5 Å². The van der Waals surface area contributed by atoms with E-state index in [1.807, 2.05) is 18.3 Å². The Balaban J connectivity index is 1.92. The Kier molecular flexibility index (Phi) is 4.32. The summed E-state index contributed by atoms with van der Waals surface area (Å²) in [5, 5.41) is 5.50. The van der Waals surface area contributed by atoms with Gasteiger partial charge in [-0.2, -0.15) is 0 Å². The van der Waals surface area contributed by atoms with Crippen LogP contribution in [0.5, 0.6) is 0 Å². The van der Waals surface area contributed by atoms with E-state index in [-0.39, 0.29) is 0 Å². The van der Waals surface area contributed by atoms with Gasteiger partial charge in [-0.25, -0.2) is 0 Å². The van der Waals surface area contributed by atoms with Crippen LogP contribution in [0.1, 0.15) is 26.7 Å². The van der Waals surface area contributed by atoms with Gasteiger partial charge in [0.1, 0.15) is 0 Å². The number of benzene rings is 1. The Bertz CT molecular complexity index is 626. The van der Waals surface area contributed by atoms with E-state index in [0.29, 0.717) is 12.1 Å². The molecular formula is C17H22ClN3. The molecule has 0 saturated carbocycles. The normalized spacial score (nSPS) is 18.9. The second kappa shape index (κ2) is 6.20. The van der Waals surface area contributed by atoms with Crippen molar-refractivity contribution in [3.8, 4) is 0 Å². The molecule has 1 N–H and O–H groups in total. The topological polar surface area (TPSA) is 28.2 Å². The molecule has 0 amide bonds. The van der Waals surface area contributed by atoms with Crippen LogP contribution in [0.4, 0.5) is 5.69 Å². The van der Waals surface area contributed by atoms with Gasteiger partial charge in [0.25, 0.3) is 0 Å². The van der Waals surface area contributed by atoms with Crippen LogP contribution in [0.25, 0.3) is 10.9 Å². The molecule has 1 fully saturated rings. The van der Waals surface area contributed by atoms with Crippen LogP contribution in [-0.4, -0.2) is 30.2 Å². The largest absolute Gasteiger partial charge is 0.367 e. The number of rotatable bonds is 4. The summed E-state index contributed by atoms with van der Waals surface area (Å²) in [6.07, 6.45) is 4.39. The SMILES string of the molecule is CC(C)NCC1CCCN1c1ccnc2cc(Cl)ccc12. The summed E-state index contributed by atoms with van der Waals surface area (Å²) in [5.74, 6) is 0. The number of aromatic nitrogens is 1. The summed E-state index contributed by atoms with van der Waals surface area (Å²) < 4.78 is 0. The average Bonchev–Trinajstić information content (AvgIpc) is 2.92. The van der Waals surface area contributed by atoms with Gasteiger partial charge in [-0.05, 0) is 37.1 Å². The number of pyridine rings is 1. The monoisotopic (exact) mass is 303 g/mol. The highest BCUT2D eigenvalue weighted by atomic mass is 35.5. The third-order valence-corrected chi connectivity index (χ3v) is 4.37. The summed E-state index contributed by atoms with van der Waals surface area (Å²) in [6.45, 7) is 6.55. The molecular weight excluding hydrogens is 282 g/mol. The summed E-state index contributed by atoms with van der Waals surface area (Å²) in [5.41, 5.74) is 2.26. The second-order valence-electron chi connectivity index (χ2n) is 6.04. The molecule has 3 rings (SSSR count). The number of hydrogen-bond donors (Lipinski definition) is 1. The first kappa shape index (κ1) is 14.6. The zero-order valence-corrected chi connectivity index (χ0v) is 13.4. The lowest BCUT2D eigenvalue weighted by Crippen LogP contribution is -2.40. The van der Waals surface area contributed by atoms with Gasteiger partial charge in [0, 0.05) is 47.5 Å². The van der Waals surface area contributed by atoms with Gasteiger partial charge in [-0.15, -0.1) is 0 Å². The maximum Gasteiger partial charge on any atom is 0.0737 e. The summed E-state index contributed by atoms with van der Waals surface area (Å²) in [6, 6.07) is 9.20. The first-order valence-corrected chi connectivity index (χ1v) is 8.07. The van der Waals surface area contributed by atoms with Crippen molar-refractivity contribution in [2.24, 2.45) is 0 Å². The lowest BCUT2D eigenvalue weighted by atomic mass is 10.1. The molecule has 1 atom stereocenters. The number of fused-ring (bicyclic) bond motifs is 1. The molecule has 0 radical (unpaired) electrons. The Hall–Kier alpha value is -1.32. The van der Waals surface area contributed by atoms with Crippen LogP contribution >= 0.6 is 11.6 Å². The predicted molar refractivity (Wildman–Crippen MR) is 90.3 cm³/mol. The lowest BCUT2D eigenvalue weighted by molar-refractivity contribution is 0.524. The van der Waals surface area contributed by atoms with Crippen molar-refractivity contribution < 1.29 is 0 Å². The Labute approximate surface area is 131 Å². The third-order valence-electron chi connectivity index (χ3n) is 4.13. The Morgan fingerprint density at radius 2 is 2.24 bits per heavy atom. The van der Waals surface area contributed by atoms with Crippen molar-refractivity contribution in [1.29, 1.82) is 0 Å². The van der Waals surface area contributed by atoms with Gasteiger partial charge in [-0.3, -0.25) is 4.98 Å². The fourth-order valence-corrected chi connectivity index (χ4v) is 3.26. The molecule has 1 aromatic carbocycles. The summed E-state index contributed by atoms with van der Waals surface area (Å²) >= 11 is 6.08. The molecule has 112 valence electrons. The smallest absolute Gasteiger partial charge is 0.0737 e. The van der Waals surface area contributed by atoms with Crippen LogP contribution < -0.4 is 10.2 Å². The van der Waals surface area contributed by atoms with E-state index >= 15 is 0 Å². The zero-order chi connectivity index (χ0) is 14.8. The van der Waals surface area contributed by atoms with Gasteiger partial charge < -0.3 is 10.2 Å². The Morgan fingerprint density at radius 3 is 3.05 bits per heavy atom. The van der Waals surface area contributed by atoms with Gasteiger partial charge in [-0.1, -0.05) is 25.4 Å². The first-order valence-electron chi connectivity index (χ1n) is 7.69. The number of nitrogens with zero attached hydrogens (tertiary/aromatic N) is 2. The van der Waals surface area contributed by atoms with Gasteiger partial charge in [0.05, 0.1) is 5.52 Å². The standard InChI is InChI=1S/C17H22ClN3/c1-12(2)20-11-14-4-3-9-21(14)17-7-8-19-16-10-13(18)5-6-15(16)17/h5-8,10,12,14,20H,3-4,9,11H2,1-2H3. The number of nitrogens with one attached hydrogen (secondary N) is 1. The van der Waals surface area contributed by atoms with E-state index < -0.39 is 0 Å². The van der Waals surface area contributed by atoms with Crippen molar-refractivity contribution in [3.63, 3.8) is 0 Å². The second-order valence-corrected chi connectivity index (χ2v) is 6.48. The molecule has 0 aliphatic carbocycles. The van der Waals surface area contributed by atoms with Crippen LogP contribution in [0.3, 0.4) is 0 Å². The lowest BCUT2D eigenvalue weighted by Gasteiger charge is -2.28. The van der Waals surface area contributed by atoms with Crippen molar-refractivity contribution in [2.45, 2.75) is 38.8 Å². The average molecular weight is 304 g/mol. The van der Waals surface area contributed by atoms with E-state index in [9.17, 15) is 0 Å². The van der Waals surface area contributed by atoms with Gasteiger partial charge in [0.15, 0.2) is 0 Å². The Morgan fingerprint density at radius 1 is 1.38 bits per heavy atom. The molecule has 1 aromatic heterocycles. The molecule has 1 aliphatic rings. The first-order chi connectivity index (χ1) is 10.1. The van der Waals surface area contributed by atoms with Crippen LogP contribution in [0, 0.1) is 0 Å². The van der Waals surface area contributed by atoms with Crippen molar-refractivity contribution >= 4 is 28.2 Å². The van der Waals surface area contributed by atoms with E-state index in [1.165, 1.54) is 23.9 Å². The van der Waals surface area contributed by atoms with Crippen molar-refractivity contribution in [2.75, 3.05) is 18.0 Å². The molecule has 21 heavy (non-hydrogen) atoms. The van der Waals surface area contributed by atoms with Gasteiger partial charge >= 0.3 is 0 Å². The zero-order valence-electron chi connectivity index (χ0n) is 12.6. The maximum absolute atomic E-state index is 6.08. The number of anilines is 1. The molecule has 2 aromatic rings. The highest BCUT2D eigenvalue weighted by molar-refractivity contribution is 6.31. The number of hydrogen-bond acceptors (Lipinski definition) is 3. The highest BCUT2D eigenvalue weighted by Crippen LogP contribution is 2.32. The van der Waals surface area contributed by atoms with Crippen LogP contribution in [-0.2, 0) is 0 Å². The van der Waals surface area contributed by atoms with Crippen LogP contribution in [0.2, 0.25) is 5.02 Å². The quantitative estimate of drug-likeness (QED) is 0.930. The third kappa shape index (κ3) is 3.14. The van der Waals surface area contributed by atoms with E-state index in [4.69, 9.17) is 11.6 Å². The van der Waals surface area contributed by atoms with Crippen molar-refractivity contribution in [1.82, 2.24) is 10.3 Å². The minimum absolute atomic E-state index is 0.528. The fraction of sp³-hybridized carbons (Fsp3) is 0.471. The fourth-order valence-electron chi connectivity index (χ4n) is 3.09. The van der Waals surface area contributed by atoms with Gasteiger partial charge in [0.2, 0.25) is 0 Å². The molecule has 1 saturated heterocycles. The molecule has 2 heterocycles. The van der Waals surface area contributed by atoms with E-state index in [0.717, 1.165) is 23.6 Å². The van der Waals surface area contributed by atoms with Crippen molar-refractivity contribution in [3.05, 3.63) is 35.5 Å². The molecule has 1 aliphatic heterocycles. The molecule has 4 heteroatoms. The van der Waals surface area contributed by atoms with E-state index in [2.05, 4.69) is 41.2 Å². The minimum Gasteiger partial charge on any atom is -0.367 e. The minimum atomic E-state index is 0.528. The maximum atomic E-state index is 6.08. The highest BCUT2D eigenvalue weighted by Gasteiger charge is 2.25. The summed E-state index contributed by atoms with van der Waals surface area (Å²) in [7, 11) is 0. The number of halogens is 1. The molecule has 1 unspecified atom stereocenters. The molecule has 3 nitrogen and oxygen atoms in total. The molecule has 0 bridgehead atoms. The predicted octanol–water partition coefficient (Wildman–Crippen LogP) is 3.86. The van der Waals surface area contributed by atoms with E-state index in [1.54, 1.807) is 0 Å².